The van der Waals surface area contributed by atoms with Gasteiger partial charge in [-0.25, -0.2) is 4.98 Å². The van der Waals surface area contributed by atoms with Gasteiger partial charge >= 0.3 is 0 Å². The van der Waals surface area contributed by atoms with Gasteiger partial charge in [0.25, 0.3) is 0 Å². The van der Waals surface area contributed by atoms with Crippen LogP contribution in [0, 0.1) is 0 Å². The fourth-order valence-corrected chi connectivity index (χ4v) is 9.28. The predicted molar refractivity (Wildman–Crippen MR) is 244 cm³/mol. The number of fused-ring (bicyclic) bond motifs is 9. The van der Waals surface area contributed by atoms with E-state index in [0.29, 0.717) is 0 Å². The molecule has 0 spiro atoms. The van der Waals surface area contributed by atoms with Crippen molar-refractivity contribution >= 4 is 65.2 Å². The summed E-state index contributed by atoms with van der Waals surface area (Å²) in [7, 11) is 0. The first-order valence-electron chi connectivity index (χ1n) is 19.9. The largest absolute Gasteiger partial charge is 0.309 e. The van der Waals surface area contributed by atoms with Crippen molar-refractivity contribution in [2.45, 2.75) is 0 Å². The molecule has 3 heteroatoms. The Hall–Kier alpha value is -7.75. The van der Waals surface area contributed by atoms with Crippen LogP contribution in [0.15, 0.2) is 212 Å². The third-order valence-electron chi connectivity index (χ3n) is 11.9. The van der Waals surface area contributed by atoms with Crippen LogP contribution in [0.3, 0.4) is 0 Å². The lowest BCUT2D eigenvalue weighted by Crippen LogP contribution is -2.01. The maximum Gasteiger partial charge on any atom is 0.138 e. The van der Waals surface area contributed by atoms with Crippen molar-refractivity contribution in [3.05, 3.63) is 212 Å². The van der Waals surface area contributed by atoms with Crippen LogP contribution in [0.4, 0.5) is 0 Å². The minimum absolute atomic E-state index is 0.883. The summed E-state index contributed by atoms with van der Waals surface area (Å²) in [4.78, 5) is 5.62. The molecule has 0 fully saturated rings. The Balaban J connectivity index is 1.19. The summed E-state index contributed by atoms with van der Waals surface area (Å²) in [6.07, 6.45) is 0. The number of nitrogens with zero attached hydrogens (tertiary/aromatic N) is 3. The zero-order valence-corrected chi connectivity index (χ0v) is 31.5. The molecule has 0 aliphatic carbocycles. The number of para-hydroxylation sites is 4. The Morgan fingerprint density at radius 1 is 0.293 bits per heavy atom. The van der Waals surface area contributed by atoms with E-state index in [1.807, 2.05) is 0 Å². The topological polar surface area (TPSA) is 22.8 Å². The smallest absolute Gasteiger partial charge is 0.138 e. The molecule has 3 heterocycles. The van der Waals surface area contributed by atoms with E-state index in [2.05, 4.69) is 221 Å². The normalized spacial score (nSPS) is 11.8. The van der Waals surface area contributed by atoms with Gasteiger partial charge in [0.1, 0.15) is 5.82 Å². The summed E-state index contributed by atoms with van der Waals surface area (Å²) in [5, 5.41) is 9.85. The molecule has 3 aromatic heterocycles. The van der Waals surface area contributed by atoms with Crippen molar-refractivity contribution < 1.29 is 0 Å². The van der Waals surface area contributed by atoms with Gasteiger partial charge in [0, 0.05) is 32.8 Å². The number of hydrogen-bond acceptors (Lipinski definition) is 1. The first kappa shape index (κ1) is 32.5. The molecule has 0 bridgehead atoms. The highest BCUT2D eigenvalue weighted by Crippen LogP contribution is 2.41. The van der Waals surface area contributed by atoms with Crippen LogP contribution in [0.2, 0.25) is 0 Å². The summed E-state index contributed by atoms with van der Waals surface area (Å²) in [5.74, 6) is 0.883. The molecule has 58 heavy (non-hydrogen) atoms. The van der Waals surface area contributed by atoms with Gasteiger partial charge in [-0.15, -0.1) is 0 Å². The molecule has 0 amide bonds. The maximum absolute atomic E-state index is 5.62. The zero-order valence-electron chi connectivity index (χ0n) is 31.5. The molecule has 0 saturated heterocycles. The second kappa shape index (κ2) is 12.9. The van der Waals surface area contributed by atoms with E-state index >= 15 is 0 Å². The van der Waals surface area contributed by atoms with Crippen LogP contribution in [0.5, 0.6) is 0 Å². The first-order valence-corrected chi connectivity index (χ1v) is 19.9. The Morgan fingerprint density at radius 3 is 1.40 bits per heavy atom. The van der Waals surface area contributed by atoms with E-state index in [4.69, 9.17) is 4.98 Å². The highest BCUT2D eigenvalue weighted by Gasteiger charge is 2.19. The quantitative estimate of drug-likeness (QED) is 0.161. The maximum atomic E-state index is 5.62. The Morgan fingerprint density at radius 2 is 0.776 bits per heavy atom. The molecule has 0 saturated carbocycles. The lowest BCUT2D eigenvalue weighted by atomic mass is 9.91. The van der Waals surface area contributed by atoms with Crippen LogP contribution in [-0.2, 0) is 0 Å². The summed E-state index contributed by atoms with van der Waals surface area (Å²) in [6.45, 7) is 0. The number of benzene rings is 9. The minimum Gasteiger partial charge on any atom is -0.309 e. The number of pyridine rings is 1. The van der Waals surface area contributed by atoms with Crippen LogP contribution >= 0.6 is 0 Å². The van der Waals surface area contributed by atoms with E-state index in [1.54, 1.807) is 0 Å². The molecule has 0 N–H and O–H groups in total. The molecule has 0 radical (unpaired) electrons. The Bertz CT molecular complexity index is 3460. The zero-order chi connectivity index (χ0) is 38.2. The van der Waals surface area contributed by atoms with E-state index in [0.717, 1.165) is 50.5 Å². The molecule has 0 aliphatic heterocycles. The average Bonchev–Trinajstić information content (AvgIpc) is 3.82. The number of hydrogen-bond donors (Lipinski definition) is 0. The Kier molecular flexibility index (Phi) is 7.23. The van der Waals surface area contributed by atoms with E-state index in [9.17, 15) is 0 Å². The fourth-order valence-electron chi connectivity index (χ4n) is 9.28. The van der Waals surface area contributed by atoms with Gasteiger partial charge in [0.2, 0.25) is 0 Å². The SMILES string of the molecule is c1ccc(-c2cc(-c3cc(-c4cc5ccccc5c5ccccc45)cc(-n4c5ccccc5c5ccccc54)c3)nc(-n3c4ccccc4c4ccccc43)c2)cc1. The van der Waals surface area contributed by atoms with E-state index in [1.165, 1.54) is 59.7 Å². The Labute approximate surface area is 335 Å². The molecule has 270 valence electrons. The van der Waals surface area contributed by atoms with Crippen LogP contribution in [0.25, 0.3) is 110 Å². The summed E-state index contributed by atoms with van der Waals surface area (Å²) in [6, 6.07) is 77.0. The van der Waals surface area contributed by atoms with Gasteiger partial charge < -0.3 is 4.57 Å². The third-order valence-corrected chi connectivity index (χ3v) is 11.9. The molecule has 0 aliphatic rings. The monoisotopic (exact) mass is 737 g/mol. The van der Waals surface area contributed by atoms with Crippen molar-refractivity contribution in [2.24, 2.45) is 0 Å². The van der Waals surface area contributed by atoms with Gasteiger partial charge in [0.15, 0.2) is 0 Å². The van der Waals surface area contributed by atoms with Crippen LogP contribution < -0.4 is 0 Å². The molecule has 9 aromatic carbocycles. The standard InChI is InChI=1S/C55H35N3/c1-2-16-36(17-3-1)38-34-50(56-55(35-38)58-53-28-14-10-24-47(53)48-25-11-15-29-54(48)58)40-30-39(49-33-37-18-4-5-19-42(37)43-20-6-7-21-44(43)49)31-41(32-40)57-51-26-12-8-22-45(51)46-23-9-13-27-52(46)57/h1-35H. The van der Waals surface area contributed by atoms with Crippen LogP contribution in [-0.4, -0.2) is 14.1 Å². The van der Waals surface area contributed by atoms with Gasteiger partial charge in [-0.1, -0.05) is 152 Å². The molecular formula is C55H35N3. The highest BCUT2D eigenvalue weighted by molar-refractivity contribution is 6.14. The predicted octanol–water partition coefficient (Wildman–Crippen LogP) is 14.6. The molecule has 12 rings (SSSR count). The summed E-state index contributed by atoms with van der Waals surface area (Å²) in [5.41, 5.74) is 12.3. The molecule has 12 aromatic rings. The van der Waals surface area contributed by atoms with Crippen molar-refractivity contribution in [3.8, 4) is 45.0 Å². The lowest BCUT2D eigenvalue weighted by Gasteiger charge is -2.17. The van der Waals surface area contributed by atoms with Crippen molar-refractivity contribution in [3.63, 3.8) is 0 Å². The molecule has 0 unspecified atom stereocenters. The number of aromatic nitrogens is 3. The molecule has 3 nitrogen and oxygen atoms in total. The third kappa shape index (κ3) is 5.04. The van der Waals surface area contributed by atoms with Gasteiger partial charge in [-0.05, 0) is 104 Å². The second-order valence-electron chi connectivity index (χ2n) is 15.2. The van der Waals surface area contributed by atoms with Crippen molar-refractivity contribution in [1.82, 2.24) is 14.1 Å². The minimum atomic E-state index is 0.883. The van der Waals surface area contributed by atoms with Crippen molar-refractivity contribution in [2.75, 3.05) is 0 Å². The second-order valence-corrected chi connectivity index (χ2v) is 15.2. The lowest BCUT2D eigenvalue weighted by molar-refractivity contribution is 1.08. The van der Waals surface area contributed by atoms with Crippen LogP contribution in [0.1, 0.15) is 0 Å². The van der Waals surface area contributed by atoms with Gasteiger partial charge in [-0.2, -0.15) is 0 Å². The summed E-state index contributed by atoms with van der Waals surface area (Å²) >= 11 is 0. The van der Waals surface area contributed by atoms with E-state index in [-0.39, 0.29) is 0 Å². The van der Waals surface area contributed by atoms with E-state index < -0.39 is 0 Å². The highest BCUT2D eigenvalue weighted by atomic mass is 15.1. The fraction of sp³-hybridized carbons (Fsp3) is 0. The number of rotatable bonds is 5. The van der Waals surface area contributed by atoms with Crippen molar-refractivity contribution in [1.29, 1.82) is 0 Å². The summed E-state index contributed by atoms with van der Waals surface area (Å²) < 4.78 is 4.75. The average molecular weight is 738 g/mol. The first-order chi connectivity index (χ1) is 28.8. The molecule has 0 atom stereocenters. The van der Waals surface area contributed by atoms with Gasteiger partial charge in [0.05, 0.1) is 27.8 Å². The molecular weight excluding hydrogens is 703 g/mol. The van der Waals surface area contributed by atoms with Gasteiger partial charge in [-0.3, -0.25) is 4.57 Å².